The van der Waals surface area contributed by atoms with E-state index < -0.39 is 0 Å². The Labute approximate surface area is 114 Å². The quantitative estimate of drug-likeness (QED) is 0.832. The van der Waals surface area contributed by atoms with Gasteiger partial charge in [-0.1, -0.05) is 6.92 Å². The first-order valence-corrected chi connectivity index (χ1v) is 8.28. The molecule has 0 radical (unpaired) electrons. The van der Waals surface area contributed by atoms with Gasteiger partial charge in [-0.05, 0) is 38.4 Å². The zero-order chi connectivity index (χ0) is 13.0. The van der Waals surface area contributed by atoms with Crippen LogP contribution in [0.4, 0.5) is 0 Å². The number of hydrogen-bond acceptors (Lipinski definition) is 4. The van der Waals surface area contributed by atoms with E-state index in [1.54, 1.807) is 0 Å². The third kappa shape index (κ3) is 3.49. The SMILES string of the molecule is CCC(C)NCC(=O)C1CCOC2(CCSC2)C1. The van der Waals surface area contributed by atoms with Crippen molar-refractivity contribution in [2.45, 2.75) is 51.2 Å². The lowest BCUT2D eigenvalue weighted by Crippen LogP contribution is -2.44. The molecule has 1 spiro atoms. The van der Waals surface area contributed by atoms with Crippen molar-refractivity contribution >= 4 is 17.5 Å². The predicted molar refractivity (Wildman–Crippen MR) is 76.1 cm³/mol. The van der Waals surface area contributed by atoms with Crippen molar-refractivity contribution in [1.29, 1.82) is 0 Å². The van der Waals surface area contributed by atoms with Crippen molar-refractivity contribution in [2.24, 2.45) is 5.92 Å². The lowest BCUT2D eigenvalue weighted by atomic mass is 9.83. The Balaban J connectivity index is 1.82. The second-order valence-electron chi connectivity index (χ2n) is 5.68. The largest absolute Gasteiger partial charge is 0.374 e. The molecule has 3 unspecified atom stereocenters. The molecule has 0 aliphatic carbocycles. The molecule has 18 heavy (non-hydrogen) atoms. The molecule has 0 saturated carbocycles. The maximum atomic E-state index is 12.2. The van der Waals surface area contributed by atoms with Crippen molar-refractivity contribution in [2.75, 3.05) is 24.7 Å². The van der Waals surface area contributed by atoms with Gasteiger partial charge in [0.15, 0.2) is 0 Å². The Kier molecular flexibility index (Phi) is 5.10. The van der Waals surface area contributed by atoms with Crippen LogP contribution < -0.4 is 5.32 Å². The number of ether oxygens (including phenoxy) is 1. The molecule has 0 bridgehead atoms. The van der Waals surface area contributed by atoms with Crippen molar-refractivity contribution < 1.29 is 9.53 Å². The third-order valence-electron chi connectivity index (χ3n) is 4.25. The summed E-state index contributed by atoms with van der Waals surface area (Å²) < 4.78 is 5.96. The van der Waals surface area contributed by atoms with Crippen LogP contribution in [-0.2, 0) is 9.53 Å². The Morgan fingerprint density at radius 2 is 2.44 bits per heavy atom. The minimum absolute atomic E-state index is 0.0274. The number of ketones is 1. The van der Waals surface area contributed by atoms with Gasteiger partial charge in [-0.25, -0.2) is 0 Å². The molecular weight excluding hydrogens is 246 g/mol. The van der Waals surface area contributed by atoms with E-state index in [1.165, 1.54) is 5.75 Å². The molecular formula is C14H25NO2S. The highest BCUT2D eigenvalue weighted by atomic mass is 32.2. The zero-order valence-electron chi connectivity index (χ0n) is 11.5. The second kappa shape index (κ2) is 6.40. The summed E-state index contributed by atoms with van der Waals surface area (Å²) in [6.45, 7) is 5.57. The van der Waals surface area contributed by atoms with Crippen molar-refractivity contribution in [3.05, 3.63) is 0 Å². The minimum Gasteiger partial charge on any atom is -0.374 e. The minimum atomic E-state index is 0.0274. The first-order chi connectivity index (χ1) is 8.65. The molecule has 104 valence electrons. The van der Waals surface area contributed by atoms with E-state index in [0.29, 0.717) is 18.4 Å². The molecule has 4 heteroatoms. The smallest absolute Gasteiger partial charge is 0.149 e. The topological polar surface area (TPSA) is 38.3 Å². The maximum absolute atomic E-state index is 12.2. The van der Waals surface area contributed by atoms with Crippen LogP contribution in [0.25, 0.3) is 0 Å². The van der Waals surface area contributed by atoms with Gasteiger partial charge in [-0.15, -0.1) is 0 Å². The zero-order valence-corrected chi connectivity index (χ0v) is 12.4. The van der Waals surface area contributed by atoms with Gasteiger partial charge in [0.25, 0.3) is 0 Å². The summed E-state index contributed by atoms with van der Waals surface area (Å²) in [5.74, 6) is 2.87. The standard InChI is InChI=1S/C14H25NO2S/c1-3-11(2)15-9-13(16)12-4-6-17-14(8-12)5-7-18-10-14/h11-12,15H,3-10H2,1-2H3. The number of hydrogen-bond donors (Lipinski definition) is 1. The fourth-order valence-electron chi connectivity index (χ4n) is 2.73. The normalized spacial score (nSPS) is 33.8. The van der Waals surface area contributed by atoms with E-state index in [4.69, 9.17) is 4.74 Å². The fraction of sp³-hybridized carbons (Fsp3) is 0.929. The number of thioether (sulfide) groups is 1. The molecule has 0 amide bonds. The van der Waals surface area contributed by atoms with Crippen LogP contribution in [0, 0.1) is 5.92 Å². The average molecular weight is 271 g/mol. The lowest BCUT2D eigenvalue weighted by Gasteiger charge is -2.37. The van der Waals surface area contributed by atoms with Crippen molar-refractivity contribution in [3.63, 3.8) is 0 Å². The average Bonchev–Trinajstić information content (AvgIpc) is 2.83. The van der Waals surface area contributed by atoms with Crippen molar-refractivity contribution in [3.8, 4) is 0 Å². The number of carbonyl (C=O) groups excluding carboxylic acids is 1. The van der Waals surface area contributed by atoms with Gasteiger partial charge in [0.05, 0.1) is 12.1 Å². The van der Waals surface area contributed by atoms with Crippen LogP contribution in [0.5, 0.6) is 0 Å². The summed E-state index contributed by atoms with van der Waals surface area (Å²) in [5, 5.41) is 3.31. The molecule has 2 aliphatic heterocycles. The second-order valence-corrected chi connectivity index (χ2v) is 6.79. The van der Waals surface area contributed by atoms with Crippen LogP contribution in [0.3, 0.4) is 0 Å². The number of nitrogens with one attached hydrogen (secondary N) is 1. The van der Waals surface area contributed by atoms with Crippen LogP contribution in [0.1, 0.15) is 39.5 Å². The highest BCUT2D eigenvalue weighted by Crippen LogP contribution is 2.40. The summed E-state index contributed by atoms with van der Waals surface area (Å²) in [7, 11) is 0. The van der Waals surface area contributed by atoms with Gasteiger partial charge in [0, 0.05) is 24.3 Å². The lowest BCUT2D eigenvalue weighted by molar-refractivity contribution is -0.133. The van der Waals surface area contributed by atoms with E-state index in [1.807, 2.05) is 11.8 Å². The molecule has 2 rings (SSSR count). The fourth-order valence-corrected chi connectivity index (χ4v) is 4.11. The maximum Gasteiger partial charge on any atom is 0.149 e. The van der Waals surface area contributed by atoms with Gasteiger partial charge in [-0.3, -0.25) is 4.79 Å². The molecule has 3 nitrogen and oxygen atoms in total. The Bertz CT molecular complexity index is 290. The molecule has 3 atom stereocenters. The predicted octanol–water partition coefficient (Wildman–Crippen LogP) is 2.25. The van der Waals surface area contributed by atoms with E-state index in [2.05, 4.69) is 19.2 Å². The molecule has 2 saturated heterocycles. The monoisotopic (exact) mass is 271 g/mol. The van der Waals surface area contributed by atoms with Gasteiger partial charge >= 0.3 is 0 Å². The molecule has 2 heterocycles. The number of Topliss-reactive ketones (excluding diaryl/α,β-unsaturated/α-hetero) is 1. The van der Waals surface area contributed by atoms with Gasteiger partial charge in [0.2, 0.25) is 0 Å². The summed E-state index contributed by atoms with van der Waals surface area (Å²) in [6, 6.07) is 0.435. The van der Waals surface area contributed by atoms with Gasteiger partial charge in [-0.2, -0.15) is 11.8 Å². The summed E-state index contributed by atoms with van der Waals surface area (Å²) in [6.07, 6.45) is 4.05. The van der Waals surface area contributed by atoms with Crippen molar-refractivity contribution in [1.82, 2.24) is 5.32 Å². The molecule has 1 N–H and O–H groups in total. The van der Waals surface area contributed by atoms with Crippen LogP contribution in [-0.4, -0.2) is 42.1 Å². The van der Waals surface area contributed by atoms with E-state index in [9.17, 15) is 4.79 Å². The summed E-state index contributed by atoms with van der Waals surface area (Å²) >= 11 is 1.96. The number of carbonyl (C=O) groups is 1. The highest BCUT2D eigenvalue weighted by molar-refractivity contribution is 7.99. The van der Waals surface area contributed by atoms with E-state index in [-0.39, 0.29) is 11.5 Å². The molecule has 0 aromatic carbocycles. The van der Waals surface area contributed by atoms with E-state index >= 15 is 0 Å². The molecule has 0 aromatic rings. The summed E-state index contributed by atoms with van der Waals surface area (Å²) in [5.41, 5.74) is 0.0274. The first-order valence-electron chi connectivity index (χ1n) is 7.13. The van der Waals surface area contributed by atoms with Crippen LogP contribution >= 0.6 is 11.8 Å². The van der Waals surface area contributed by atoms with Crippen LogP contribution in [0.15, 0.2) is 0 Å². The Morgan fingerprint density at radius 1 is 1.61 bits per heavy atom. The molecule has 0 aromatic heterocycles. The summed E-state index contributed by atoms with van der Waals surface area (Å²) in [4.78, 5) is 12.2. The Morgan fingerprint density at radius 3 is 3.11 bits per heavy atom. The number of rotatable bonds is 5. The highest BCUT2D eigenvalue weighted by Gasteiger charge is 2.42. The molecule has 2 aliphatic rings. The molecule has 2 fully saturated rings. The van der Waals surface area contributed by atoms with Gasteiger partial charge in [0.1, 0.15) is 5.78 Å². The van der Waals surface area contributed by atoms with Crippen LogP contribution in [0.2, 0.25) is 0 Å². The third-order valence-corrected chi connectivity index (χ3v) is 5.48. The van der Waals surface area contributed by atoms with Gasteiger partial charge < -0.3 is 10.1 Å². The first kappa shape index (κ1) is 14.4. The Hall–Kier alpha value is -0.0600. The van der Waals surface area contributed by atoms with E-state index in [0.717, 1.165) is 38.0 Å².